The second-order valence-corrected chi connectivity index (χ2v) is 9.34. The zero-order valence-electron chi connectivity index (χ0n) is 18.5. The molecule has 152 valence electrons. The first-order valence-corrected chi connectivity index (χ1v) is 11.0. The van der Waals surface area contributed by atoms with E-state index in [1.165, 1.54) is 38.5 Å². The number of aliphatic hydroxyl groups excluding tert-OH is 2. The second kappa shape index (κ2) is 12.3. The zero-order valence-corrected chi connectivity index (χ0v) is 18.5. The summed E-state index contributed by atoms with van der Waals surface area (Å²) in [5, 5.41) is 19.8. The Morgan fingerprint density at radius 1 is 0.680 bits per heavy atom. The lowest BCUT2D eigenvalue weighted by Crippen LogP contribution is -2.42. The van der Waals surface area contributed by atoms with Crippen LogP contribution in [0.15, 0.2) is 0 Å². The molecular weight excluding hydrogens is 308 g/mol. The molecule has 0 aromatic carbocycles. The monoisotopic (exact) mass is 356 g/mol. The molecule has 0 radical (unpaired) electrons. The quantitative estimate of drug-likeness (QED) is 0.597. The largest absolute Gasteiger partial charge is 0.393 e. The van der Waals surface area contributed by atoms with Crippen molar-refractivity contribution in [3.8, 4) is 0 Å². The van der Waals surface area contributed by atoms with Gasteiger partial charge in [0.15, 0.2) is 0 Å². The lowest BCUT2D eigenvalue weighted by atomic mass is 9.58. The summed E-state index contributed by atoms with van der Waals surface area (Å²) >= 11 is 0. The summed E-state index contributed by atoms with van der Waals surface area (Å²) in [5.74, 6) is 2.37. The summed E-state index contributed by atoms with van der Waals surface area (Å²) in [6.07, 6.45) is 8.96. The fourth-order valence-corrected chi connectivity index (χ4v) is 4.45. The molecule has 0 aromatic heterocycles. The molecule has 0 aliphatic heterocycles. The summed E-state index contributed by atoms with van der Waals surface area (Å²) in [5.41, 5.74) is 0.350. The average Bonchev–Trinajstić information content (AvgIpc) is 2.54. The molecule has 25 heavy (non-hydrogen) atoms. The van der Waals surface area contributed by atoms with E-state index in [0.717, 1.165) is 24.7 Å². The minimum Gasteiger partial charge on any atom is -0.393 e. The first kappa shape index (κ1) is 24.9. The van der Waals surface area contributed by atoms with Gasteiger partial charge in [-0.2, -0.15) is 0 Å². The molecule has 2 saturated carbocycles. The van der Waals surface area contributed by atoms with Crippen LogP contribution < -0.4 is 0 Å². The van der Waals surface area contributed by atoms with Crippen molar-refractivity contribution in [1.82, 2.24) is 0 Å². The van der Waals surface area contributed by atoms with E-state index in [1.54, 1.807) is 0 Å². The summed E-state index contributed by atoms with van der Waals surface area (Å²) in [6, 6.07) is 0. The molecular formula is C23H48O2. The predicted molar refractivity (Wildman–Crippen MR) is 111 cm³/mol. The van der Waals surface area contributed by atoms with Gasteiger partial charge in [0.05, 0.1) is 12.2 Å². The lowest BCUT2D eigenvalue weighted by Gasteiger charge is -2.48. The Bertz CT molecular complexity index is 296. The Morgan fingerprint density at radius 3 is 1.20 bits per heavy atom. The molecule has 6 unspecified atom stereocenters. The van der Waals surface area contributed by atoms with Gasteiger partial charge < -0.3 is 10.2 Å². The molecule has 6 atom stereocenters. The third kappa shape index (κ3) is 7.99. The van der Waals surface area contributed by atoms with Crippen molar-refractivity contribution in [3.05, 3.63) is 0 Å². The summed E-state index contributed by atoms with van der Waals surface area (Å²) in [7, 11) is 0. The molecule has 0 aromatic rings. The van der Waals surface area contributed by atoms with Crippen LogP contribution >= 0.6 is 0 Å². The van der Waals surface area contributed by atoms with Crippen molar-refractivity contribution in [2.75, 3.05) is 0 Å². The molecule has 2 nitrogen and oxygen atoms in total. The first-order valence-electron chi connectivity index (χ1n) is 11.0. The Hall–Kier alpha value is -0.0800. The van der Waals surface area contributed by atoms with Gasteiger partial charge in [0, 0.05) is 0 Å². The fraction of sp³-hybridized carbons (Fsp3) is 1.00. The predicted octanol–water partition coefficient (Wildman–Crippen LogP) is 6.44. The first-order chi connectivity index (χ1) is 11.6. The molecule has 0 bridgehead atoms. The van der Waals surface area contributed by atoms with Gasteiger partial charge in [-0.1, -0.05) is 68.2 Å². The van der Waals surface area contributed by atoms with Gasteiger partial charge >= 0.3 is 0 Å². The van der Waals surface area contributed by atoms with Crippen molar-refractivity contribution in [3.63, 3.8) is 0 Å². The maximum Gasteiger partial charge on any atom is 0.0566 e. The Morgan fingerprint density at radius 2 is 0.960 bits per heavy atom. The molecule has 0 heterocycles. The summed E-state index contributed by atoms with van der Waals surface area (Å²) in [4.78, 5) is 0. The van der Waals surface area contributed by atoms with E-state index in [0.29, 0.717) is 17.3 Å². The van der Waals surface area contributed by atoms with E-state index >= 15 is 0 Å². The number of hydrogen-bond donors (Lipinski definition) is 2. The van der Waals surface area contributed by atoms with Crippen molar-refractivity contribution in [2.24, 2.45) is 29.1 Å². The molecule has 2 heteroatoms. The maximum atomic E-state index is 9.92. The van der Waals surface area contributed by atoms with E-state index < -0.39 is 0 Å². The van der Waals surface area contributed by atoms with Crippen molar-refractivity contribution in [2.45, 2.75) is 119 Å². The normalized spacial score (nSPS) is 35.8. The molecule has 2 aliphatic carbocycles. The molecule has 2 fully saturated rings. The Kier molecular flexibility index (Phi) is 12.3. The van der Waals surface area contributed by atoms with Crippen LogP contribution in [0.25, 0.3) is 0 Å². The van der Waals surface area contributed by atoms with Crippen molar-refractivity contribution in [1.29, 1.82) is 0 Å². The van der Waals surface area contributed by atoms with Gasteiger partial charge in [-0.05, 0) is 67.6 Å². The molecule has 0 spiro atoms. The van der Waals surface area contributed by atoms with Gasteiger partial charge in [-0.25, -0.2) is 0 Å². The van der Waals surface area contributed by atoms with E-state index in [9.17, 15) is 10.2 Å². The van der Waals surface area contributed by atoms with Gasteiger partial charge in [0.2, 0.25) is 0 Å². The van der Waals surface area contributed by atoms with Crippen LogP contribution in [0, 0.1) is 29.1 Å². The number of hydrogen-bond acceptors (Lipinski definition) is 2. The lowest BCUT2D eigenvalue weighted by molar-refractivity contribution is -0.0334. The van der Waals surface area contributed by atoms with Crippen molar-refractivity contribution < 1.29 is 10.2 Å². The highest BCUT2D eigenvalue weighted by molar-refractivity contribution is 4.93. The van der Waals surface area contributed by atoms with Gasteiger partial charge in [-0.3, -0.25) is 0 Å². The highest BCUT2D eigenvalue weighted by Crippen LogP contribution is 2.50. The Balaban J connectivity index is 0.000000844. The average molecular weight is 357 g/mol. The molecule has 0 amide bonds. The second-order valence-electron chi connectivity index (χ2n) is 9.34. The van der Waals surface area contributed by atoms with Crippen LogP contribution in [0.1, 0.15) is 107 Å². The third-order valence-electron chi connectivity index (χ3n) is 6.35. The standard InChI is InChI=1S/C17H32O2.2C3H8/c1-11-9-13(5-7-15(11)18)17(3,4)14-6-8-16(19)12(2)10-14;2*1-3-2/h11-16,18-19H,5-10H2,1-4H3;2*3H2,1-2H3. The van der Waals surface area contributed by atoms with E-state index in [4.69, 9.17) is 0 Å². The smallest absolute Gasteiger partial charge is 0.0566 e. The molecule has 0 saturated heterocycles. The molecule has 2 N–H and O–H groups in total. The molecule has 2 rings (SSSR count). The molecule has 2 aliphatic rings. The van der Waals surface area contributed by atoms with Gasteiger partial charge in [0.25, 0.3) is 0 Å². The van der Waals surface area contributed by atoms with Crippen LogP contribution in [0.3, 0.4) is 0 Å². The van der Waals surface area contributed by atoms with E-state index in [-0.39, 0.29) is 12.2 Å². The number of aliphatic hydroxyl groups is 2. The van der Waals surface area contributed by atoms with Crippen LogP contribution in [-0.2, 0) is 0 Å². The zero-order chi connectivity index (χ0) is 19.6. The van der Waals surface area contributed by atoms with Crippen LogP contribution in [-0.4, -0.2) is 22.4 Å². The van der Waals surface area contributed by atoms with Crippen LogP contribution in [0.5, 0.6) is 0 Å². The van der Waals surface area contributed by atoms with Gasteiger partial charge in [-0.15, -0.1) is 0 Å². The van der Waals surface area contributed by atoms with Crippen LogP contribution in [0.2, 0.25) is 0 Å². The number of rotatable bonds is 2. The topological polar surface area (TPSA) is 40.5 Å². The highest BCUT2D eigenvalue weighted by Gasteiger charge is 2.43. The minimum atomic E-state index is -0.0841. The van der Waals surface area contributed by atoms with Crippen LogP contribution in [0.4, 0.5) is 0 Å². The highest BCUT2D eigenvalue weighted by atomic mass is 16.3. The van der Waals surface area contributed by atoms with Crippen molar-refractivity contribution >= 4 is 0 Å². The van der Waals surface area contributed by atoms with E-state index in [2.05, 4.69) is 55.4 Å². The summed E-state index contributed by atoms with van der Waals surface area (Å²) in [6.45, 7) is 17.7. The Labute approximate surface area is 158 Å². The fourth-order valence-electron chi connectivity index (χ4n) is 4.45. The summed E-state index contributed by atoms with van der Waals surface area (Å²) < 4.78 is 0. The minimum absolute atomic E-state index is 0.0841. The maximum absolute atomic E-state index is 9.92. The van der Waals surface area contributed by atoms with Gasteiger partial charge in [0.1, 0.15) is 0 Å². The SMILES string of the molecule is CC1CC(C(C)(C)C2CCC(O)C(C)C2)CCC1O.CCC.CCC. The van der Waals surface area contributed by atoms with E-state index in [1.807, 2.05) is 0 Å². The third-order valence-corrected chi connectivity index (χ3v) is 6.35.